The van der Waals surface area contributed by atoms with Crippen LogP contribution < -0.4 is 11.1 Å². The molecule has 0 radical (unpaired) electrons. The molecule has 7 atom stereocenters. The number of Topliss-reactive ketones (excluding diaryl/α,β-unsaturated/α-hetero) is 1. The number of rotatable bonds is 11. The predicted octanol–water partition coefficient (Wildman–Crippen LogP) is 3.97. The number of amides is 1. The van der Waals surface area contributed by atoms with Crippen LogP contribution in [0.1, 0.15) is 98.3 Å². The van der Waals surface area contributed by atoms with Crippen molar-refractivity contribution in [3.8, 4) is 0 Å². The summed E-state index contributed by atoms with van der Waals surface area (Å²) in [6.07, 6.45) is 10.7. The lowest BCUT2D eigenvalue weighted by Crippen LogP contribution is -2.66. The molecule has 0 saturated heterocycles. The normalized spacial score (nSPS) is 38.9. The van der Waals surface area contributed by atoms with Crippen molar-refractivity contribution in [3.05, 3.63) is 0 Å². The van der Waals surface area contributed by atoms with Crippen LogP contribution in [-0.4, -0.2) is 72.3 Å². The molecule has 0 unspecified atom stereocenters. The van der Waals surface area contributed by atoms with E-state index in [1.54, 1.807) is 4.90 Å². The van der Waals surface area contributed by atoms with E-state index in [0.717, 1.165) is 38.8 Å². The van der Waals surface area contributed by atoms with Crippen LogP contribution in [-0.2, 0) is 9.59 Å². The maximum atomic E-state index is 12.8. The summed E-state index contributed by atoms with van der Waals surface area (Å²) in [5.74, 6) is 2.97. The van der Waals surface area contributed by atoms with Gasteiger partial charge in [-0.3, -0.25) is 14.6 Å². The summed E-state index contributed by atoms with van der Waals surface area (Å²) in [6, 6.07) is 0. The average molecular weight is 531 g/mol. The number of nitrogens with zero attached hydrogens (tertiary/aromatic N) is 2. The molecule has 0 bridgehead atoms. The molecule has 1 amide bonds. The first-order valence-corrected chi connectivity index (χ1v) is 15.5. The fourth-order valence-corrected chi connectivity index (χ4v) is 9.40. The highest BCUT2D eigenvalue weighted by Crippen LogP contribution is 2.67. The first-order valence-electron chi connectivity index (χ1n) is 15.5. The van der Waals surface area contributed by atoms with Crippen molar-refractivity contribution in [1.82, 2.24) is 10.2 Å². The standard InChI is InChI=1S/C31H54N4O3/c1-5-15-33-17-18-35(19-20-36)28(38)11-16-34-22(2)25-6-7-26-24-9-14-31(32)21-23(37)8-13-30(31,4)27(24)10-12-29(25,26)3/h24-27,33,36H,5-21,32H2,1-4H3/t24-,25+,26-,27-,29+,30+,31+/m0/s1. The van der Waals surface area contributed by atoms with Crippen LogP contribution in [0.5, 0.6) is 0 Å². The molecular weight excluding hydrogens is 476 g/mol. The number of nitrogens with one attached hydrogen (secondary N) is 1. The van der Waals surface area contributed by atoms with Gasteiger partial charge in [0, 0.05) is 62.6 Å². The van der Waals surface area contributed by atoms with Gasteiger partial charge in [-0.15, -0.1) is 0 Å². The topological polar surface area (TPSA) is 108 Å². The molecule has 4 fully saturated rings. The van der Waals surface area contributed by atoms with Crippen LogP contribution >= 0.6 is 0 Å². The van der Waals surface area contributed by atoms with Gasteiger partial charge >= 0.3 is 0 Å². The maximum absolute atomic E-state index is 12.8. The average Bonchev–Trinajstić information content (AvgIpc) is 3.24. The van der Waals surface area contributed by atoms with E-state index < -0.39 is 0 Å². The lowest BCUT2D eigenvalue weighted by atomic mass is 9.42. The highest BCUT2D eigenvalue weighted by molar-refractivity contribution is 5.86. The Morgan fingerprint density at radius 1 is 1.11 bits per heavy atom. The summed E-state index contributed by atoms with van der Waals surface area (Å²) in [4.78, 5) is 31.9. The second-order valence-corrected chi connectivity index (χ2v) is 13.5. The zero-order valence-corrected chi connectivity index (χ0v) is 24.6. The second-order valence-electron chi connectivity index (χ2n) is 13.5. The van der Waals surface area contributed by atoms with Crippen LogP contribution in [0.3, 0.4) is 0 Å². The highest BCUT2D eigenvalue weighted by Gasteiger charge is 2.63. The van der Waals surface area contributed by atoms with E-state index in [2.05, 4.69) is 33.0 Å². The van der Waals surface area contributed by atoms with Crippen LogP contribution in [0.2, 0.25) is 0 Å². The number of aliphatic hydroxyl groups excluding tert-OH is 1. The van der Waals surface area contributed by atoms with Gasteiger partial charge in [0.05, 0.1) is 6.61 Å². The molecule has 4 aliphatic carbocycles. The zero-order valence-electron chi connectivity index (χ0n) is 24.6. The minimum absolute atomic E-state index is 0.00752. The van der Waals surface area contributed by atoms with Gasteiger partial charge in [-0.2, -0.15) is 0 Å². The minimum atomic E-state index is -0.310. The monoisotopic (exact) mass is 530 g/mol. The first-order chi connectivity index (χ1) is 18.1. The van der Waals surface area contributed by atoms with Crippen molar-refractivity contribution in [1.29, 1.82) is 0 Å². The van der Waals surface area contributed by atoms with Gasteiger partial charge in [0.1, 0.15) is 5.78 Å². The van der Waals surface area contributed by atoms with E-state index in [9.17, 15) is 14.7 Å². The Hall–Kier alpha value is -1.31. The van der Waals surface area contributed by atoms with E-state index in [1.807, 2.05) is 0 Å². The van der Waals surface area contributed by atoms with Crippen molar-refractivity contribution in [3.63, 3.8) is 0 Å². The Morgan fingerprint density at radius 2 is 1.89 bits per heavy atom. The van der Waals surface area contributed by atoms with Crippen LogP contribution in [0.25, 0.3) is 0 Å². The van der Waals surface area contributed by atoms with Crippen LogP contribution in [0.15, 0.2) is 4.99 Å². The largest absolute Gasteiger partial charge is 0.395 e. The number of fused-ring (bicyclic) bond motifs is 5. The SMILES string of the molecule is CCCNCCN(CCO)C(=O)CCN=C(C)[C@H]1CC[C@H]2[C@@H]3CC[C@@]4(N)CC(=O)CC[C@]4(C)[C@H]3CC[C@]12C. The summed E-state index contributed by atoms with van der Waals surface area (Å²) in [5.41, 5.74) is 8.27. The molecule has 216 valence electrons. The number of carbonyl (C=O) groups excluding carboxylic acids is 2. The summed E-state index contributed by atoms with van der Waals surface area (Å²) in [5, 5.41) is 12.7. The van der Waals surface area contributed by atoms with Crippen LogP contribution in [0.4, 0.5) is 0 Å². The number of carbonyl (C=O) groups is 2. The number of aliphatic imine (C=N–C) groups is 1. The van der Waals surface area contributed by atoms with E-state index in [1.165, 1.54) is 31.4 Å². The zero-order chi connectivity index (χ0) is 27.6. The molecule has 0 aromatic heterocycles. The van der Waals surface area contributed by atoms with E-state index in [0.29, 0.717) is 68.4 Å². The third kappa shape index (κ3) is 5.49. The molecule has 38 heavy (non-hydrogen) atoms. The van der Waals surface area contributed by atoms with Gasteiger partial charge in [0.15, 0.2) is 0 Å². The molecule has 7 heteroatoms. The molecule has 7 nitrogen and oxygen atoms in total. The molecule has 0 aromatic carbocycles. The Bertz CT molecular complexity index is 892. The third-order valence-electron chi connectivity index (χ3n) is 11.7. The molecule has 4 N–H and O–H groups in total. The molecule has 0 spiro atoms. The Labute approximate surface area is 230 Å². The van der Waals surface area contributed by atoms with Gasteiger partial charge in [0.2, 0.25) is 5.91 Å². The Kier molecular flexibility index (Phi) is 9.41. The molecule has 4 aliphatic rings. The summed E-state index contributed by atoms with van der Waals surface area (Å²) >= 11 is 0. The number of nitrogens with two attached hydrogens (primary N) is 1. The number of hydrogen-bond acceptors (Lipinski definition) is 6. The van der Waals surface area contributed by atoms with Crippen molar-refractivity contribution >= 4 is 17.4 Å². The van der Waals surface area contributed by atoms with Gasteiger partial charge < -0.3 is 21.1 Å². The van der Waals surface area contributed by atoms with Crippen molar-refractivity contribution in [2.24, 2.45) is 45.2 Å². The van der Waals surface area contributed by atoms with E-state index >= 15 is 0 Å². The van der Waals surface area contributed by atoms with E-state index in [4.69, 9.17) is 10.7 Å². The molecule has 0 aromatic rings. The molecule has 0 aliphatic heterocycles. The maximum Gasteiger partial charge on any atom is 0.224 e. The quantitative estimate of drug-likeness (QED) is 0.277. The summed E-state index contributed by atoms with van der Waals surface area (Å²) < 4.78 is 0. The number of hydrogen-bond donors (Lipinski definition) is 3. The molecule has 4 rings (SSSR count). The smallest absolute Gasteiger partial charge is 0.224 e. The van der Waals surface area contributed by atoms with Crippen molar-refractivity contribution in [2.45, 2.75) is 104 Å². The predicted molar refractivity (Wildman–Crippen MR) is 153 cm³/mol. The van der Waals surface area contributed by atoms with E-state index in [-0.39, 0.29) is 28.9 Å². The first kappa shape index (κ1) is 29.7. The van der Waals surface area contributed by atoms with Gasteiger partial charge in [-0.05, 0) is 93.4 Å². The third-order valence-corrected chi connectivity index (χ3v) is 11.7. The number of aliphatic hydroxyl groups is 1. The minimum Gasteiger partial charge on any atom is -0.395 e. The number of ketones is 1. The molecule has 0 heterocycles. The second kappa shape index (κ2) is 12.1. The van der Waals surface area contributed by atoms with Gasteiger partial charge in [-0.1, -0.05) is 20.8 Å². The highest BCUT2D eigenvalue weighted by atomic mass is 16.3. The molecule has 4 saturated carbocycles. The Morgan fingerprint density at radius 3 is 2.63 bits per heavy atom. The summed E-state index contributed by atoms with van der Waals surface area (Å²) in [7, 11) is 0. The summed E-state index contributed by atoms with van der Waals surface area (Å²) in [6.45, 7) is 12.5. The molecular formula is C31H54N4O3. The van der Waals surface area contributed by atoms with Crippen molar-refractivity contribution < 1.29 is 14.7 Å². The fourth-order valence-electron chi connectivity index (χ4n) is 9.40. The van der Waals surface area contributed by atoms with Gasteiger partial charge in [-0.25, -0.2) is 0 Å². The lowest BCUT2D eigenvalue weighted by molar-refractivity contribution is -0.143. The fraction of sp³-hybridized carbons (Fsp3) is 0.903. The Balaban J connectivity index is 1.37. The lowest BCUT2D eigenvalue weighted by Gasteiger charge is -2.64. The van der Waals surface area contributed by atoms with Crippen molar-refractivity contribution in [2.75, 3.05) is 39.3 Å². The van der Waals surface area contributed by atoms with Gasteiger partial charge in [0.25, 0.3) is 0 Å². The van der Waals surface area contributed by atoms with Crippen LogP contribution in [0, 0.1) is 34.5 Å².